The zero-order valence-corrected chi connectivity index (χ0v) is 23.4. The number of nitrogens with zero attached hydrogens (tertiary/aromatic N) is 2. The van der Waals surface area contributed by atoms with Crippen molar-refractivity contribution in [3.63, 3.8) is 0 Å². The molecule has 236 valence electrons. The Kier molecular flexibility index (Phi) is 6.60. The Hall–Kier alpha value is -4.84. The van der Waals surface area contributed by atoms with Gasteiger partial charge in [-0.05, 0) is 43.3 Å². The number of hydrogen-bond donors (Lipinski definition) is 4. The summed E-state index contributed by atoms with van der Waals surface area (Å²) in [5, 5.41) is 13.1. The molecule has 2 aliphatic rings. The Morgan fingerprint density at radius 1 is 1.11 bits per heavy atom. The van der Waals surface area contributed by atoms with Crippen molar-refractivity contribution >= 4 is 38.5 Å². The number of amides is 2. The molecule has 18 heteroatoms. The Labute approximate surface area is 251 Å². The predicted octanol–water partition coefficient (Wildman–Crippen LogP) is 3.72. The molecule has 0 bridgehead atoms. The molecule has 2 atom stereocenters. The molecular formula is C27H19F6N5O6S. The van der Waals surface area contributed by atoms with Crippen molar-refractivity contribution in [2.24, 2.45) is 5.73 Å². The van der Waals surface area contributed by atoms with Crippen LogP contribution in [0.2, 0.25) is 0 Å². The van der Waals surface area contributed by atoms with Crippen LogP contribution in [0, 0.1) is 5.82 Å². The number of halogens is 6. The second-order valence-electron chi connectivity index (χ2n) is 10.4. The van der Waals surface area contributed by atoms with E-state index in [1.807, 2.05) is 5.32 Å². The lowest BCUT2D eigenvalue weighted by Crippen LogP contribution is -2.51. The number of carbonyl (C=O) groups excluding carboxylic acids is 2. The summed E-state index contributed by atoms with van der Waals surface area (Å²) in [6.45, 7) is -0.650. The van der Waals surface area contributed by atoms with Crippen molar-refractivity contribution in [3.05, 3.63) is 59.0 Å². The number of primary amides is 1. The number of rotatable bonds is 6. The number of carbonyl (C=O) groups is 2. The van der Waals surface area contributed by atoms with Crippen molar-refractivity contribution in [2.75, 3.05) is 18.9 Å². The summed E-state index contributed by atoms with van der Waals surface area (Å²) in [6.07, 6.45) is -9.51. The van der Waals surface area contributed by atoms with Gasteiger partial charge in [-0.25, -0.2) is 14.4 Å². The number of pyridine rings is 1. The number of nitrogen functional groups attached to an aromatic ring is 1. The molecule has 6 N–H and O–H groups in total. The fourth-order valence-corrected chi connectivity index (χ4v) is 5.66. The second kappa shape index (κ2) is 9.83. The van der Waals surface area contributed by atoms with E-state index >= 15 is 0 Å². The van der Waals surface area contributed by atoms with Gasteiger partial charge in [-0.2, -0.15) is 13.2 Å². The first-order valence-electron chi connectivity index (χ1n) is 12.7. The van der Waals surface area contributed by atoms with Gasteiger partial charge in [-0.3, -0.25) is 9.59 Å². The molecule has 0 aliphatic carbocycles. The first-order valence-corrected chi connectivity index (χ1v) is 13.6. The fourth-order valence-electron chi connectivity index (χ4n) is 4.87. The van der Waals surface area contributed by atoms with Crippen molar-refractivity contribution in [2.45, 2.75) is 30.4 Å². The molecule has 45 heavy (non-hydrogen) atoms. The topological polar surface area (TPSA) is 172 Å². The van der Waals surface area contributed by atoms with Gasteiger partial charge in [0.2, 0.25) is 11.5 Å². The maximum atomic E-state index is 14.7. The molecule has 2 aromatic heterocycles. The molecule has 4 heterocycles. The number of nitrogens with two attached hydrogens (primary N) is 2. The summed E-state index contributed by atoms with van der Waals surface area (Å²) in [4.78, 5) is 33.1. The SMILES string of the molecule is C[C@]1(C(N)=O)COc2c1cc(C(O)(CNC(=O)c1cc(F)c3nc(N)sc3c1)C(F)(F)F)nc2-c1ccc2c(c1)OC(F)(F)O2. The number of benzene rings is 2. The normalized spacial score (nSPS) is 19.6. The molecule has 0 fully saturated rings. The van der Waals surface area contributed by atoms with Gasteiger partial charge in [-0.15, -0.1) is 8.78 Å². The highest BCUT2D eigenvalue weighted by molar-refractivity contribution is 7.22. The number of ether oxygens (including phenoxy) is 3. The lowest BCUT2D eigenvalue weighted by atomic mass is 9.81. The van der Waals surface area contributed by atoms with E-state index in [2.05, 4.69) is 19.4 Å². The van der Waals surface area contributed by atoms with E-state index in [4.69, 9.17) is 16.2 Å². The number of nitrogens with one attached hydrogen (secondary N) is 1. The summed E-state index contributed by atoms with van der Waals surface area (Å²) in [5.74, 6) is -4.17. The van der Waals surface area contributed by atoms with Crippen LogP contribution in [-0.4, -0.2) is 52.5 Å². The number of aromatic nitrogens is 2. The summed E-state index contributed by atoms with van der Waals surface area (Å²) in [5.41, 5.74) is 3.21. The minimum Gasteiger partial charge on any atom is -0.489 e. The summed E-state index contributed by atoms with van der Waals surface area (Å²) >= 11 is 0.842. The fraction of sp³-hybridized carbons (Fsp3) is 0.259. The van der Waals surface area contributed by atoms with Crippen LogP contribution < -0.4 is 31.0 Å². The molecule has 2 amide bonds. The Morgan fingerprint density at radius 2 is 1.82 bits per heavy atom. The lowest BCUT2D eigenvalue weighted by molar-refractivity contribution is -0.286. The summed E-state index contributed by atoms with van der Waals surface area (Å²) in [6, 6.07) is 5.90. The standard InChI is InChI=1S/C27H19F6N5O6S/c1-24(22(34)40)9-42-20-12(24)7-17(37-18(20)10-2-3-14-15(5-10)44-27(32,33)43-14)25(41,26(29,30)31)8-36-21(39)11-4-13(28)19-16(6-11)45-23(35)38-19/h2-7,41H,8-9H2,1H3,(H2,34,40)(H2,35,38)(H,36,39)/t24-,25?/m0/s1. The molecular weight excluding hydrogens is 636 g/mol. The van der Waals surface area contributed by atoms with E-state index < -0.39 is 71.4 Å². The average molecular weight is 656 g/mol. The Balaban J connectivity index is 1.44. The van der Waals surface area contributed by atoms with Crippen LogP contribution >= 0.6 is 11.3 Å². The Morgan fingerprint density at radius 3 is 2.51 bits per heavy atom. The second-order valence-corrected chi connectivity index (χ2v) is 11.5. The molecule has 0 saturated carbocycles. The first kappa shape index (κ1) is 30.2. The highest BCUT2D eigenvalue weighted by atomic mass is 32.1. The van der Waals surface area contributed by atoms with Crippen LogP contribution in [0.4, 0.5) is 31.5 Å². The average Bonchev–Trinajstić information content (AvgIpc) is 3.61. The Bertz CT molecular complexity index is 1920. The third-order valence-electron chi connectivity index (χ3n) is 7.42. The minimum atomic E-state index is -5.50. The maximum Gasteiger partial charge on any atom is 0.586 e. The minimum absolute atomic E-state index is 0.00509. The molecule has 11 nitrogen and oxygen atoms in total. The monoisotopic (exact) mass is 655 g/mol. The number of fused-ring (bicyclic) bond motifs is 3. The van der Waals surface area contributed by atoms with E-state index in [9.17, 15) is 41.0 Å². The number of anilines is 1. The maximum absolute atomic E-state index is 14.7. The number of aliphatic hydroxyl groups is 1. The van der Waals surface area contributed by atoms with Crippen LogP contribution in [0.1, 0.15) is 28.5 Å². The van der Waals surface area contributed by atoms with Gasteiger partial charge in [0, 0.05) is 16.7 Å². The summed E-state index contributed by atoms with van der Waals surface area (Å²) in [7, 11) is 0. The molecule has 0 spiro atoms. The van der Waals surface area contributed by atoms with Gasteiger partial charge >= 0.3 is 12.5 Å². The van der Waals surface area contributed by atoms with Crippen molar-refractivity contribution < 1.29 is 55.2 Å². The van der Waals surface area contributed by atoms with Crippen LogP contribution in [-0.2, 0) is 15.8 Å². The van der Waals surface area contributed by atoms with Crippen LogP contribution in [0.15, 0.2) is 36.4 Å². The van der Waals surface area contributed by atoms with Gasteiger partial charge in [0.05, 0.1) is 16.9 Å². The van der Waals surface area contributed by atoms with Gasteiger partial charge < -0.3 is 36.1 Å². The molecule has 0 radical (unpaired) electrons. The molecule has 6 rings (SSSR count). The zero-order chi connectivity index (χ0) is 32.7. The first-order chi connectivity index (χ1) is 20.9. The van der Waals surface area contributed by atoms with Gasteiger partial charge in [0.25, 0.3) is 5.91 Å². The van der Waals surface area contributed by atoms with Crippen LogP contribution in [0.5, 0.6) is 17.2 Å². The van der Waals surface area contributed by atoms with E-state index in [-0.39, 0.29) is 43.5 Å². The van der Waals surface area contributed by atoms with E-state index in [0.29, 0.717) is 0 Å². The molecule has 1 unspecified atom stereocenters. The number of alkyl halides is 5. The molecule has 4 aromatic rings. The smallest absolute Gasteiger partial charge is 0.489 e. The largest absolute Gasteiger partial charge is 0.586 e. The highest BCUT2D eigenvalue weighted by Crippen LogP contribution is 2.50. The van der Waals surface area contributed by atoms with Crippen molar-refractivity contribution in [1.82, 2.24) is 15.3 Å². The van der Waals surface area contributed by atoms with E-state index in [0.717, 1.165) is 35.6 Å². The molecule has 0 saturated heterocycles. The van der Waals surface area contributed by atoms with Gasteiger partial charge in [-0.1, -0.05) is 11.3 Å². The van der Waals surface area contributed by atoms with Crippen LogP contribution in [0.3, 0.4) is 0 Å². The molecule has 2 aromatic carbocycles. The third kappa shape index (κ3) is 4.89. The zero-order valence-electron chi connectivity index (χ0n) is 22.6. The van der Waals surface area contributed by atoms with Gasteiger partial charge in [0.1, 0.15) is 29.0 Å². The van der Waals surface area contributed by atoms with Gasteiger partial charge in [0.15, 0.2) is 22.4 Å². The highest BCUT2D eigenvalue weighted by Gasteiger charge is 2.58. The number of thiazole rings is 1. The van der Waals surface area contributed by atoms with Crippen molar-refractivity contribution in [3.8, 4) is 28.5 Å². The lowest BCUT2D eigenvalue weighted by Gasteiger charge is -2.31. The number of hydrogen-bond acceptors (Lipinski definition) is 10. The summed E-state index contributed by atoms with van der Waals surface area (Å²) < 4.78 is 100. The van der Waals surface area contributed by atoms with Crippen molar-refractivity contribution in [1.29, 1.82) is 0 Å². The quantitative estimate of drug-likeness (QED) is 0.226. The van der Waals surface area contributed by atoms with E-state index in [1.165, 1.54) is 19.1 Å². The molecule has 2 aliphatic heterocycles. The predicted molar refractivity (Wildman–Crippen MR) is 144 cm³/mol. The van der Waals surface area contributed by atoms with E-state index in [1.54, 1.807) is 0 Å². The van der Waals surface area contributed by atoms with Crippen LogP contribution in [0.25, 0.3) is 21.5 Å². The third-order valence-corrected chi connectivity index (χ3v) is 8.25.